The first-order chi connectivity index (χ1) is 6.85. The molecule has 0 aromatic rings. The van der Waals surface area contributed by atoms with Crippen LogP contribution in [0.15, 0.2) is 0 Å². The second-order valence-electron chi connectivity index (χ2n) is 4.49. The molecule has 1 aliphatic carbocycles. The van der Waals surface area contributed by atoms with Crippen LogP contribution in [0.2, 0.25) is 0 Å². The molecular weight excluding hydrogens is 194 g/mol. The van der Waals surface area contributed by atoms with E-state index in [0.29, 0.717) is 10.9 Å². The van der Waals surface area contributed by atoms with E-state index in [0.717, 1.165) is 13.2 Å². The van der Waals surface area contributed by atoms with Gasteiger partial charge in [-0.3, -0.25) is 0 Å². The minimum absolute atomic E-state index is 0.548. The van der Waals surface area contributed by atoms with E-state index in [1.165, 1.54) is 38.6 Å². The molecule has 82 valence electrons. The molecule has 2 rings (SSSR count). The Bertz CT molecular complexity index is 176. The molecule has 1 saturated heterocycles. The Kier molecular flexibility index (Phi) is 3.74. The van der Waals surface area contributed by atoms with Gasteiger partial charge in [0.05, 0.1) is 6.10 Å². The van der Waals surface area contributed by atoms with Gasteiger partial charge < -0.3 is 10.1 Å². The average Bonchev–Trinajstić information content (AvgIpc) is 2.81. The van der Waals surface area contributed by atoms with Crippen molar-refractivity contribution in [2.24, 2.45) is 0 Å². The zero-order chi connectivity index (χ0) is 9.86. The lowest BCUT2D eigenvalue weighted by Crippen LogP contribution is -2.28. The van der Waals surface area contributed by atoms with E-state index in [9.17, 15) is 0 Å². The normalized spacial score (nSPS) is 29.4. The van der Waals surface area contributed by atoms with Crippen LogP contribution in [-0.2, 0) is 4.74 Å². The van der Waals surface area contributed by atoms with Gasteiger partial charge in [-0.2, -0.15) is 11.8 Å². The fraction of sp³-hybridized carbons (Fsp3) is 1.00. The third kappa shape index (κ3) is 2.88. The Balaban J connectivity index is 1.50. The average molecular weight is 215 g/mol. The molecule has 1 N–H and O–H groups in total. The highest BCUT2D eigenvalue weighted by Gasteiger charge is 2.41. The van der Waals surface area contributed by atoms with E-state index >= 15 is 0 Å². The van der Waals surface area contributed by atoms with Crippen molar-refractivity contribution >= 4 is 11.8 Å². The predicted octanol–water partition coefficient (Wildman–Crippen LogP) is 2.04. The number of thioether (sulfide) groups is 1. The molecule has 1 unspecified atom stereocenters. The minimum Gasteiger partial charge on any atom is -0.378 e. The maximum atomic E-state index is 5.58. The Morgan fingerprint density at radius 1 is 1.50 bits per heavy atom. The van der Waals surface area contributed by atoms with Gasteiger partial charge in [0, 0.05) is 17.9 Å². The lowest BCUT2D eigenvalue weighted by atomic mass is 10.2. The number of ether oxygens (including phenoxy) is 1. The molecule has 1 atom stereocenters. The van der Waals surface area contributed by atoms with E-state index in [1.54, 1.807) is 0 Å². The molecule has 2 fully saturated rings. The lowest BCUT2D eigenvalue weighted by Gasteiger charge is -2.14. The maximum Gasteiger partial charge on any atom is 0.0588 e. The highest BCUT2D eigenvalue weighted by Crippen LogP contribution is 2.46. The van der Waals surface area contributed by atoms with Crippen molar-refractivity contribution < 1.29 is 4.74 Å². The first kappa shape index (κ1) is 10.8. The standard InChI is InChI=1S/C11H21NOS/c1-14-11(5-6-11)9-12-7-4-10-3-2-8-13-10/h10,12H,2-9H2,1H3. The van der Waals surface area contributed by atoms with Crippen LogP contribution in [0.1, 0.15) is 32.1 Å². The topological polar surface area (TPSA) is 21.3 Å². The van der Waals surface area contributed by atoms with Crippen LogP contribution in [-0.4, -0.2) is 36.8 Å². The Morgan fingerprint density at radius 3 is 2.93 bits per heavy atom. The first-order valence-corrected chi connectivity index (χ1v) is 6.95. The largest absolute Gasteiger partial charge is 0.378 e. The van der Waals surface area contributed by atoms with E-state index < -0.39 is 0 Å². The van der Waals surface area contributed by atoms with Gasteiger partial charge in [-0.1, -0.05) is 0 Å². The summed E-state index contributed by atoms with van der Waals surface area (Å²) in [7, 11) is 0. The van der Waals surface area contributed by atoms with Gasteiger partial charge in [0.1, 0.15) is 0 Å². The summed E-state index contributed by atoms with van der Waals surface area (Å²) >= 11 is 2.03. The molecule has 0 aromatic carbocycles. The van der Waals surface area contributed by atoms with Crippen molar-refractivity contribution in [1.82, 2.24) is 5.32 Å². The Morgan fingerprint density at radius 2 is 2.36 bits per heavy atom. The van der Waals surface area contributed by atoms with Gasteiger partial charge in [0.2, 0.25) is 0 Å². The third-order valence-electron chi connectivity index (χ3n) is 3.35. The maximum absolute atomic E-state index is 5.58. The van der Waals surface area contributed by atoms with Crippen molar-refractivity contribution in [2.45, 2.75) is 43.0 Å². The molecule has 0 spiro atoms. The van der Waals surface area contributed by atoms with E-state index in [4.69, 9.17) is 4.74 Å². The summed E-state index contributed by atoms with van der Waals surface area (Å²) in [5.41, 5.74) is 0. The van der Waals surface area contributed by atoms with Crippen molar-refractivity contribution in [3.63, 3.8) is 0 Å². The summed E-state index contributed by atoms with van der Waals surface area (Å²) in [6.45, 7) is 3.31. The second kappa shape index (κ2) is 4.86. The fourth-order valence-electron chi connectivity index (χ4n) is 2.04. The number of rotatable bonds is 6. The van der Waals surface area contributed by atoms with Crippen LogP contribution in [0.4, 0.5) is 0 Å². The quantitative estimate of drug-likeness (QED) is 0.685. The first-order valence-electron chi connectivity index (χ1n) is 5.72. The fourth-order valence-corrected chi connectivity index (χ4v) is 2.80. The molecule has 2 nitrogen and oxygen atoms in total. The summed E-state index contributed by atoms with van der Waals surface area (Å²) in [5.74, 6) is 0. The van der Waals surface area contributed by atoms with Crippen molar-refractivity contribution in [1.29, 1.82) is 0 Å². The zero-order valence-corrected chi connectivity index (χ0v) is 9.87. The monoisotopic (exact) mass is 215 g/mol. The zero-order valence-electron chi connectivity index (χ0n) is 9.05. The smallest absolute Gasteiger partial charge is 0.0588 e. The Labute approximate surface area is 91.2 Å². The van der Waals surface area contributed by atoms with Crippen LogP contribution < -0.4 is 5.32 Å². The van der Waals surface area contributed by atoms with Crippen LogP contribution >= 0.6 is 11.8 Å². The van der Waals surface area contributed by atoms with Crippen molar-refractivity contribution in [2.75, 3.05) is 26.0 Å². The molecule has 0 amide bonds. The molecule has 0 aromatic heterocycles. The van der Waals surface area contributed by atoms with Crippen LogP contribution in [0, 0.1) is 0 Å². The van der Waals surface area contributed by atoms with E-state index in [-0.39, 0.29) is 0 Å². The summed E-state index contributed by atoms with van der Waals surface area (Å²) in [4.78, 5) is 0. The van der Waals surface area contributed by atoms with Crippen molar-refractivity contribution in [3.8, 4) is 0 Å². The number of hydrogen-bond donors (Lipinski definition) is 1. The molecule has 1 saturated carbocycles. The number of hydrogen-bond acceptors (Lipinski definition) is 3. The van der Waals surface area contributed by atoms with Gasteiger partial charge in [-0.15, -0.1) is 0 Å². The molecule has 3 heteroatoms. The molecule has 2 aliphatic rings. The third-order valence-corrected chi connectivity index (χ3v) is 4.77. The van der Waals surface area contributed by atoms with Gasteiger partial charge in [-0.05, 0) is 44.9 Å². The molecule has 0 radical (unpaired) electrons. The highest BCUT2D eigenvalue weighted by atomic mass is 32.2. The van der Waals surface area contributed by atoms with Gasteiger partial charge in [-0.25, -0.2) is 0 Å². The van der Waals surface area contributed by atoms with Crippen LogP contribution in [0.5, 0.6) is 0 Å². The minimum atomic E-state index is 0.548. The SMILES string of the molecule is CSC1(CNCCC2CCCO2)CC1. The molecular formula is C11H21NOS. The lowest BCUT2D eigenvalue weighted by molar-refractivity contribution is 0.104. The molecule has 14 heavy (non-hydrogen) atoms. The highest BCUT2D eigenvalue weighted by molar-refractivity contribution is 8.00. The number of nitrogens with one attached hydrogen (secondary N) is 1. The van der Waals surface area contributed by atoms with E-state index in [2.05, 4.69) is 11.6 Å². The van der Waals surface area contributed by atoms with Crippen molar-refractivity contribution in [3.05, 3.63) is 0 Å². The summed E-state index contributed by atoms with van der Waals surface area (Å²) in [5, 5.41) is 3.57. The van der Waals surface area contributed by atoms with Crippen LogP contribution in [0.25, 0.3) is 0 Å². The van der Waals surface area contributed by atoms with Gasteiger partial charge >= 0.3 is 0 Å². The molecule has 1 heterocycles. The van der Waals surface area contributed by atoms with Gasteiger partial charge in [0.25, 0.3) is 0 Å². The van der Waals surface area contributed by atoms with E-state index in [1.807, 2.05) is 11.8 Å². The van der Waals surface area contributed by atoms with Crippen LogP contribution in [0.3, 0.4) is 0 Å². The molecule has 0 bridgehead atoms. The molecule has 1 aliphatic heterocycles. The summed E-state index contributed by atoms with van der Waals surface area (Å²) in [6.07, 6.45) is 9.32. The van der Waals surface area contributed by atoms with Gasteiger partial charge in [0.15, 0.2) is 0 Å². The predicted molar refractivity (Wildman–Crippen MR) is 61.9 cm³/mol. The summed E-state index contributed by atoms with van der Waals surface area (Å²) in [6, 6.07) is 0. The summed E-state index contributed by atoms with van der Waals surface area (Å²) < 4.78 is 6.19. The second-order valence-corrected chi connectivity index (χ2v) is 5.76. The Hall–Kier alpha value is 0.270.